The van der Waals surface area contributed by atoms with E-state index in [0.29, 0.717) is 0 Å². The molecule has 0 aliphatic heterocycles. The Balaban J connectivity index is 1.93. The van der Waals surface area contributed by atoms with Crippen molar-refractivity contribution in [2.75, 3.05) is 0 Å². The van der Waals surface area contributed by atoms with Crippen molar-refractivity contribution in [3.63, 3.8) is 0 Å². The van der Waals surface area contributed by atoms with Gasteiger partial charge in [-0.1, -0.05) is 29.8 Å². The van der Waals surface area contributed by atoms with Crippen LogP contribution in [0.2, 0.25) is 0 Å². The number of aliphatic hydroxyl groups excluding tert-OH is 1. The Morgan fingerprint density at radius 1 is 1.33 bits per heavy atom. The second-order valence-corrected chi connectivity index (χ2v) is 6.16. The predicted octanol–water partition coefficient (Wildman–Crippen LogP) is 4.21. The molecule has 1 N–H and O–H groups in total. The zero-order chi connectivity index (χ0) is 12.5. The quantitative estimate of drug-likeness (QED) is 0.855. The summed E-state index contributed by atoms with van der Waals surface area (Å²) < 4.78 is 0. The maximum atomic E-state index is 10.6. The summed E-state index contributed by atoms with van der Waals surface area (Å²) in [6.45, 7) is 2.08. The molecule has 3 rings (SSSR count). The average Bonchev–Trinajstić information content (AvgIpc) is 2.86. The SMILES string of the molecule is Cc1cccc(C(O)C2CCCc3sccc32)c1. The Bertz CT molecular complexity index is 544. The molecule has 1 aliphatic carbocycles. The van der Waals surface area contributed by atoms with Gasteiger partial charge in [0.2, 0.25) is 0 Å². The highest BCUT2D eigenvalue weighted by Crippen LogP contribution is 2.42. The van der Waals surface area contributed by atoms with Crippen molar-refractivity contribution in [1.29, 1.82) is 0 Å². The molecule has 2 unspecified atom stereocenters. The molecule has 0 amide bonds. The summed E-state index contributed by atoms with van der Waals surface area (Å²) >= 11 is 1.83. The highest BCUT2D eigenvalue weighted by Gasteiger charge is 2.28. The third-order valence-electron chi connectivity index (χ3n) is 3.86. The van der Waals surface area contributed by atoms with Crippen molar-refractivity contribution < 1.29 is 5.11 Å². The van der Waals surface area contributed by atoms with Crippen molar-refractivity contribution >= 4 is 11.3 Å². The summed E-state index contributed by atoms with van der Waals surface area (Å²) in [5, 5.41) is 12.8. The van der Waals surface area contributed by atoms with Crippen molar-refractivity contribution in [3.05, 3.63) is 57.3 Å². The fourth-order valence-electron chi connectivity index (χ4n) is 2.94. The van der Waals surface area contributed by atoms with Crippen LogP contribution in [-0.4, -0.2) is 5.11 Å². The maximum absolute atomic E-state index is 10.6. The Morgan fingerprint density at radius 3 is 3.06 bits per heavy atom. The summed E-state index contributed by atoms with van der Waals surface area (Å²) in [6, 6.07) is 10.4. The van der Waals surface area contributed by atoms with Crippen LogP contribution in [0.4, 0.5) is 0 Å². The summed E-state index contributed by atoms with van der Waals surface area (Å²) in [5.74, 6) is 0.279. The first-order valence-electron chi connectivity index (χ1n) is 6.56. The van der Waals surface area contributed by atoms with Crippen LogP contribution in [0, 0.1) is 6.92 Å². The van der Waals surface area contributed by atoms with Gasteiger partial charge in [0.15, 0.2) is 0 Å². The lowest BCUT2D eigenvalue weighted by Crippen LogP contribution is -2.15. The van der Waals surface area contributed by atoms with E-state index in [1.807, 2.05) is 23.5 Å². The fraction of sp³-hybridized carbons (Fsp3) is 0.375. The summed E-state index contributed by atoms with van der Waals surface area (Å²) in [4.78, 5) is 1.47. The summed E-state index contributed by atoms with van der Waals surface area (Å²) in [5.41, 5.74) is 3.65. The second kappa shape index (κ2) is 4.87. The first-order chi connectivity index (χ1) is 8.75. The van der Waals surface area contributed by atoms with Gasteiger partial charge >= 0.3 is 0 Å². The standard InChI is InChI=1S/C16H18OS/c1-11-4-2-5-12(10-11)16(17)14-6-3-7-15-13(14)8-9-18-15/h2,4-5,8-10,14,16-17H,3,6-7H2,1H3. The zero-order valence-electron chi connectivity index (χ0n) is 10.6. The molecule has 0 saturated carbocycles. The summed E-state index contributed by atoms with van der Waals surface area (Å²) in [7, 11) is 0. The molecule has 18 heavy (non-hydrogen) atoms. The van der Waals surface area contributed by atoms with E-state index in [9.17, 15) is 5.11 Å². The van der Waals surface area contributed by atoms with E-state index >= 15 is 0 Å². The van der Waals surface area contributed by atoms with E-state index in [0.717, 1.165) is 12.0 Å². The second-order valence-electron chi connectivity index (χ2n) is 5.16. The number of rotatable bonds is 2. The fourth-order valence-corrected chi connectivity index (χ4v) is 3.93. The molecule has 2 aromatic rings. The van der Waals surface area contributed by atoms with Gasteiger partial charge in [0.05, 0.1) is 6.10 Å². The van der Waals surface area contributed by atoms with Crippen LogP contribution in [-0.2, 0) is 6.42 Å². The minimum absolute atomic E-state index is 0.279. The first-order valence-corrected chi connectivity index (χ1v) is 7.44. The minimum atomic E-state index is -0.362. The molecule has 1 nitrogen and oxygen atoms in total. The first kappa shape index (κ1) is 11.9. The van der Waals surface area contributed by atoms with Crippen LogP contribution in [0.5, 0.6) is 0 Å². The lowest BCUT2D eigenvalue weighted by Gasteiger charge is -2.27. The van der Waals surface area contributed by atoms with Crippen molar-refractivity contribution in [2.45, 2.75) is 38.2 Å². The van der Waals surface area contributed by atoms with Gasteiger partial charge in [-0.2, -0.15) is 0 Å². The van der Waals surface area contributed by atoms with Crippen LogP contribution in [0.25, 0.3) is 0 Å². The largest absolute Gasteiger partial charge is 0.388 e. The minimum Gasteiger partial charge on any atom is -0.388 e. The van der Waals surface area contributed by atoms with E-state index in [4.69, 9.17) is 0 Å². The van der Waals surface area contributed by atoms with E-state index in [2.05, 4.69) is 30.5 Å². The molecule has 2 heteroatoms. The molecule has 0 saturated heterocycles. The van der Waals surface area contributed by atoms with Crippen LogP contribution in [0.15, 0.2) is 35.7 Å². The molecule has 1 aliphatic rings. The van der Waals surface area contributed by atoms with Crippen LogP contribution >= 0.6 is 11.3 Å². The normalized spacial score (nSPS) is 20.4. The number of benzene rings is 1. The summed E-state index contributed by atoms with van der Waals surface area (Å²) in [6.07, 6.45) is 3.11. The monoisotopic (exact) mass is 258 g/mol. The van der Waals surface area contributed by atoms with Gasteiger partial charge in [0.25, 0.3) is 0 Å². The topological polar surface area (TPSA) is 20.2 Å². The molecule has 0 bridgehead atoms. The Hall–Kier alpha value is -1.12. The Morgan fingerprint density at radius 2 is 2.22 bits per heavy atom. The van der Waals surface area contributed by atoms with E-state index < -0.39 is 0 Å². The molecule has 94 valence electrons. The molecule has 2 atom stereocenters. The molecule has 0 spiro atoms. The number of fused-ring (bicyclic) bond motifs is 1. The van der Waals surface area contributed by atoms with Crippen LogP contribution in [0.3, 0.4) is 0 Å². The van der Waals surface area contributed by atoms with Crippen LogP contribution < -0.4 is 0 Å². The molecule has 0 radical (unpaired) electrons. The number of thiophene rings is 1. The lowest BCUT2D eigenvalue weighted by atomic mass is 9.81. The predicted molar refractivity (Wildman–Crippen MR) is 76.1 cm³/mol. The number of hydrogen-bond acceptors (Lipinski definition) is 2. The van der Waals surface area contributed by atoms with E-state index in [-0.39, 0.29) is 12.0 Å². The maximum Gasteiger partial charge on any atom is 0.0859 e. The highest BCUT2D eigenvalue weighted by atomic mass is 32.1. The van der Waals surface area contributed by atoms with E-state index in [1.54, 1.807) is 0 Å². The third kappa shape index (κ3) is 2.11. The highest BCUT2D eigenvalue weighted by molar-refractivity contribution is 7.10. The molecule has 1 aromatic carbocycles. The number of aryl methyl sites for hydroxylation is 2. The molecule has 1 heterocycles. The van der Waals surface area contributed by atoms with E-state index in [1.165, 1.54) is 28.8 Å². The van der Waals surface area contributed by atoms with Gasteiger partial charge < -0.3 is 5.11 Å². The van der Waals surface area contributed by atoms with Gasteiger partial charge in [-0.15, -0.1) is 11.3 Å². The average molecular weight is 258 g/mol. The zero-order valence-corrected chi connectivity index (χ0v) is 11.4. The van der Waals surface area contributed by atoms with Gasteiger partial charge in [0.1, 0.15) is 0 Å². The molecular formula is C16H18OS. The number of hydrogen-bond donors (Lipinski definition) is 1. The van der Waals surface area contributed by atoms with Gasteiger partial charge in [-0.3, -0.25) is 0 Å². The smallest absolute Gasteiger partial charge is 0.0859 e. The molecule has 0 fully saturated rings. The molecular weight excluding hydrogens is 240 g/mol. The van der Waals surface area contributed by atoms with Gasteiger partial charge in [-0.25, -0.2) is 0 Å². The Labute approximate surface area is 112 Å². The number of aliphatic hydroxyl groups is 1. The molecule has 1 aromatic heterocycles. The van der Waals surface area contributed by atoms with Crippen LogP contribution in [0.1, 0.15) is 46.4 Å². The lowest BCUT2D eigenvalue weighted by molar-refractivity contribution is 0.136. The van der Waals surface area contributed by atoms with Crippen molar-refractivity contribution in [1.82, 2.24) is 0 Å². The van der Waals surface area contributed by atoms with Gasteiger partial charge in [-0.05, 0) is 48.8 Å². The van der Waals surface area contributed by atoms with Gasteiger partial charge in [0, 0.05) is 10.8 Å². The van der Waals surface area contributed by atoms with Crippen molar-refractivity contribution in [2.24, 2.45) is 0 Å². The van der Waals surface area contributed by atoms with Crippen molar-refractivity contribution in [3.8, 4) is 0 Å². The Kier molecular flexibility index (Phi) is 3.23. The third-order valence-corrected chi connectivity index (χ3v) is 4.86.